The van der Waals surface area contributed by atoms with E-state index in [0.717, 1.165) is 28.6 Å². The number of benzene rings is 3. The van der Waals surface area contributed by atoms with E-state index in [1.54, 1.807) is 36.5 Å². The second-order valence-corrected chi connectivity index (χ2v) is 7.16. The number of ether oxygens (including phenoxy) is 1. The van der Waals surface area contributed by atoms with Crippen LogP contribution in [0.4, 0.5) is 17.6 Å². The highest BCUT2D eigenvalue weighted by atomic mass is 19.4. The van der Waals surface area contributed by atoms with Crippen LogP contribution < -0.4 is 10.1 Å². The van der Waals surface area contributed by atoms with Crippen LogP contribution in [0.2, 0.25) is 0 Å². The summed E-state index contributed by atoms with van der Waals surface area (Å²) in [7, 11) is 0. The van der Waals surface area contributed by atoms with Gasteiger partial charge in [0.05, 0.1) is 5.56 Å². The Bertz CT molecular complexity index is 1230. The second-order valence-electron chi connectivity index (χ2n) is 7.16. The van der Waals surface area contributed by atoms with Crippen molar-refractivity contribution in [1.82, 2.24) is 10.3 Å². The Labute approximate surface area is 180 Å². The molecule has 0 unspecified atom stereocenters. The molecule has 4 nitrogen and oxygen atoms in total. The number of nitrogens with one attached hydrogen (secondary N) is 2. The van der Waals surface area contributed by atoms with Gasteiger partial charge in [-0.3, -0.25) is 4.79 Å². The van der Waals surface area contributed by atoms with E-state index < -0.39 is 11.7 Å². The van der Waals surface area contributed by atoms with Crippen LogP contribution in [0.1, 0.15) is 21.5 Å². The molecule has 0 bridgehead atoms. The van der Waals surface area contributed by atoms with Gasteiger partial charge in [0.15, 0.2) is 0 Å². The Kier molecular flexibility index (Phi) is 5.85. The van der Waals surface area contributed by atoms with Gasteiger partial charge in [0.2, 0.25) is 0 Å². The van der Waals surface area contributed by atoms with Crippen LogP contribution in [0.15, 0.2) is 72.9 Å². The lowest BCUT2D eigenvalue weighted by molar-refractivity contribution is -0.137. The first kappa shape index (κ1) is 21.4. The molecule has 1 heterocycles. The van der Waals surface area contributed by atoms with Gasteiger partial charge >= 0.3 is 6.18 Å². The summed E-state index contributed by atoms with van der Waals surface area (Å²) in [5.41, 5.74) is 1.39. The van der Waals surface area contributed by atoms with Crippen molar-refractivity contribution >= 4 is 16.8 Å². The molecule has 164 valence electrons. The molecule has 2 N–H and O–H groups in total. The number of amides is 1. The van der Waals surface area contributed by atoms with E-state index in [2.05, 4.69) is 10.3 Å². The number of H-pyrrole nitrogens is 1. The van der Waals surface area contributed by atoms with Crippen molar-refractivity contribution in [2.24, 2.45) is 0 Å². The van der Waals surface area contributed by atoms with Gasteiger partial charge in [-0.2, -0.15) is 13.2 Å². The molecule has 1 aromatic heterocycles. The topological polar surface area (TPSA) is 54.1 Å². The fourth-order valence-electron chi connectivity index (χ4n) is 3.29. The lowest BCUT2D eigenvalue weighted by atomic mass is 10.1. The molecule has 32 heavy (non-hydrogen) atoms. The Morgan fingerprint density at radius 1 is 0.938 bits per heavy atom. The van der Waals surface area contributed by atoms with Gasteiger partial charge in [0.25, 0.3) is 5.91 Å². The van der Waals surface area contributed by atoms with E-state index in [0.29, 0.717) is 24.3 Å². The molecule has 0 saturated carbocycles. The minimum absolute atomic E-state index is 0.255. The van der Waals surface area contributed by atoms with Crippen LogP contribution in [-0.2, 0) is 12.6 Å². The van der Waals surface area contributed by atoms with Crippen molar-refractivity contribution in [2.45, 2.75) is 12.6 Å². The lowest BCUT2D eigenvalue weighted by Gasteiger charge is -2.10. The predicted molar refractivity (Wildman–Crippen MR) is 112 cm³/mol. The van der Waals surface area contributed by atoms with Gasteiger partial charge in [-0.15, -0.1) is 0 Å². The third-order valence-electron chi connectivity index (χ3n) is 4.94. The summed E-state index contributed by atoms with van der Waals surface area (Å²) >= 11 is 0. The molecule has 0 aliphatic heterocycles. The lowest BCUT2D eigenvalue weighted by Crippen LogP contribution is -2.25. The zero-order valence-electron chi connectivity index (χ0n) is 16.7. The Balaban J connectivity index is 1.32. The normalized spacial score (nSPS) is 11.5. The minimum atomic E-state index is -4.40. The average molecular weight is 442 g/mol. The van der Waals surface area contributed by atoms with Crippen LogP contribution in [0.25, 0.3) is 10.9 Å². The number of aromatic amines is 1. The molecule has 1 amide bonds. The van der Waals surface area contributed by atoms with E-state index >= 15 is 0 Å². The van der Waals surface area contributed by atoms with E-state index in [4.69, 9.17) is 4.74 Å². The highest BCUT2D eigenvalue weighted by Crippen LogP contribution is 2.31. The van der Waals surface area contributed by atoms with E-state index in [9.17, 15) is 22.4 Å². The molecular weight excluding hydrogens is 424 g/mol. The monoisotopic (exact) mass is 442 g/mol. The van der Waals surface area contributed by atoms with Gasteiger partial charge < -0.3 is 15.0 Å². The van der Waals surface area contributed by atoms with Gasteiger partial charge in [0.1, 0.15) is 17.3 Å². The zero-order valence-corrected chi connectivity index (χ0v) is 16.7. The van der Waals surface area contributed by atoms with Crippen molar-refractivity contribution in [3.05, 3.63) is 95.4 Å². The maximum Gasteiger partial charge on any atom is 0.416 e. The summed E-state index contributed by atoms with van der Waals surface area (Å²) in [4.78, 5) is 15.4. The highest BCUT2D eigenvalue weighted by Gasteiger charge is 2.30. The van der Waals surface area contributed by atoms with Crippen LogP contribution >= 0.6 is 0 Å². The Morgan fingerprint density at radius 2 is 1.59 bits per heavy atom. The van der Waals surface area contributed by atoms with Crippen LogP contribution in [-0.4, -0.2) is 17.4 Å². The summed E-state index contributed by atoms with van der Waals surface area (Å²) < 4.78 is 56.9. The smallest absolute Gasteiger partial charge is 0.416 e. The highest BCUT2D eigenvalue weighted by molar-refractivity contribution is 5.94. The van der Waals surface area contributed by atoms with Crippen LogP contribution in [0.5, 0.6) is 11.5 Å². The van der Waals surface area contributed by atoms with Gasteiger partial charge in [-0.05, 0) is 78.7 Å². The Hall–Kier alpha value is -3.81. The molecule has 8 heteroatoms. The number of hydrogen-bond acceptors (Lipinski definition) is 2. The standard InChI is InChI=1S/C24H18F4N2O2/c25-18-5-10-22-21(13-18)16(14-30-22)11-12-29-23(31)15-1-6-19(7-2-15)32-20-8-3-17(4-9-20)24(26,27)28/h1-10,13-14,30H,11-12H2,(H,29,31). The third kappa shape index (κ3) is 4.91. The molecule has 0 fully saturated rings. The molecule has 4 aromatic rings. The summed E-state index contributed by atoms with van der Waals surface area (Å²) in [5, 5.41) is 3.59. The number of hydrogen-bond donors (Lipinski definition) is 2. The van der Waals surface area contributed by atoms with Crippen LogP contribution in [0.3, 0.4) is 0 Å². The van der Waals surface area contributed by atoms with E-state index in [-0.39, 0.29) is 17.5 Å². The predicted octanol–water partition coefficient (Wildman–Crippen LogP) is 6.09. The number of alkyl halides is 3. The molecule has 0 spiro atoms. The molecule has 3 aromatic carbocycles. The number of carbonyl (C=O) groups excluding carboxylic acids is 1. The van der Waals surface area contributed by atoms with E-state index in [1.807, 2.05) is 0 Å². The largest absolute Gasteiger partial charge is 0.457 e. The molecule has 0 aliphatic carbocycles. The average Bonchev–Trinajstić information content (AvgIpc) is 3.16. The van der Waals surface area contributed by atoms with Crippen molar-refractivity contribution in [3.8, 4) is 11.5 Å². The summed E-state index contributed by atoms with van der Waals surface area (Å²) in [6.45, 7) is 0.367. The SMILES string of the molecule is O=C(NCCc1c[nH]c2ccc(F)cc12)c1ccc(Oc2ccc(C(F)(F)F)cc2)cc1. The van der Waals surface area contributed by atoms with Crippen molar-refractivity contribution in [3.63, 3.8) is 0 Å². The van der Waals surface area contributed by atoms with Gasteiger partial charge in [-0.1, -0.05) is 0 Å². The third-order valence-corrected chi connectivity index (χ3v) is 4.94. The Morgan fingerprint density at radius 3 is 2.25 bits per heavy atom. The summed E-state index contributed by atoms with van der Waals surface area (Å²) in [5.74, 6) is 0.0468. The molecule has 0 atom stereocenters. The maximum atomic E-state index is 13.5. The zero-order chi connectivity index (χ0) is 22.7. The molecule has 0 aliphatic rings. The number of halogens is 4. The summed E-state index contributed by atoms with van der Waals surface area (Å²) in [6.07, 6.45) is -2.08. The van der Waals surface area contributed by atoms with Gasteiger partial charge in [-0.25, -0.2) is 4.39 Å². The van der Waals surface area contributed by atoms with Crippen molar-refractivity contribution < 1.29 is 27.1 Å². The minimum Gasteiger partial charge on any atom is -0.457 e. The quantitative estimate of drug-likeness (QED) is 0.355. The summed E-state index contributed by atoms with van der Waals surface area (Å²) in [6, 6.07) is 15.1. The first-order chi connectivity index (χ1) is 15.3. The van der Waals surface area contributed by atoms with Crippen molar-refractivity contribution in [2.75, 3.05) is 6.54 Å². The first-order valence-corrected chi connectivity index (χ1v) is 9.78. The van der Waals surface area contributed by atoms with Crippen molar-refractivity contribution in [1.29, 1.82) is 0 Å². The molecular formula is C24H18F4N2O2. The molecule has 4 rings (SSSR count). The fourth-order valence-corrected chi connectivity index (χ4v) is 3.29. The molecule has 0 saturated heterocycles. The van der Waals surface area contributed by atoms with Crippen LogP contribution in [0, 0.1) is 5.82 Å². The number of aromatic nitrogens is 1. The van der Waals surface area contributed by atoms with E-state index in [1.165, 1.54) is 24.3 Å². The maximum absolute atomic E-state index is 13.5. The number of rotatable bonds is 6. The molecule has 0 radical (unpaired) electrons. The first-order valence-electron chi connectivity index (χ1n) is 9.78. The fraction of sp³-hybridized carbons (Fsp3) is 0.125. The number of carbonyl (C=O) groups is 1. The number of fused-ring (bicyclic) bond motifs is 1. The second kappa shape index (κ2) is 8.74. The van der Waals surface area contributed by atoms with Gasteiger partial charge in [0, 0.05) is 29.2 Å².